The second-order valence-electron chi connectivity index (χ2n) is 8.20. The molecule has 0 saturated heterocycles. The molecule has 0 saturated carbocycles. The molecule has 0 spiro atoms. The second-order valence-corrected chi connectivity index (χ2v) is 9.04. The highest BCUT2D eigenvalue weighted by molar-refractivity contribution is 6.36. The highest BCUT2D eigenvalue weighted by atomic mass is 35.5. The van der Waals surface area contributed by atoms with Crippen LogP contribution in [0.4, 0.5) is 11.4 Å². The van der Waals surface area contributed by atoms with Crippen LogP contribution in [0.3, 0.4) is 0 Å². The summed E-state index contributed by atoms with van der Waals surface area (Å²) in [6.07, 6.45) is 3.88. The number of hydrogen-bond acceptors (Lipinski definition) is 3. The quantitative estimate of drug-likeness (QED) is 0.405. The van der Waals surface area contributed by atoms with Crippen molar-refractivity contribution in [2.75, 3.05) is 16.8 Å². The van der Waals surface area contributed by atoms with Crippen molar-refractivity contribution >= 4 is 52.1 Å². The Labute approximate surface area is 193 Å². The van der Waals surface area contributed by atoms with Gasteiger partial charge in [0.15, 0.2) is 0 Å². The molecule has 2 aromatic rings. The highest BCUT2D eigenvalue weighted by Gasteiger charge is 2.30. The molecule has 6 heteroatoms. The van der Waals surface area contributed by atoms with Crippen molar-refractivity contribution in [3.05, 3.63) is 68.7 Å². The Balaban J connectivity index is 1.99. The van der Waals surface area contributed by atoms with Crippen LogP contribution in [0.15, 0.2) is 42.0 Å². The number of nitrogens with zero attached hydrogens (tertiary/aromatic N) is 2. The molecule has 1 amide bonds. The topological polar surface area (TPSA) is 56.1 Å². The molecule has 1 aliphatic rings. The van der Waals surface area contributed by atoms with Gasteiger partial charge in [-0.25, -0.2) is 0 Å². The number of carbonyl (C=O) groups excluding carboxylic acids is 1. The molecule has 3 rings (SSSR count). The first-order valence-electron chi connectivity index (χ1n) is 10.1. The molecule has 1 heterocycles. The average molecular weight is 454 g/mol. The van der Waals surface area contributed by atoms with Crippen molar-refractivity contribution in [1.29, 1.82) is 5.26 Å². The monoisotopic (exact) mass is 453 g/mol. The Morgan fingerprint density at radius 3 is 2.55 bits per heavy atom. The van der Waals surface area contributed by atoms with E-state index in [0.29, 0.717) is 15.7 Å². The summed E-state index contributed by atoms with van der Waals surface area (Å²) in [6.45, 7) is 11.5. The highest BCUT2D eigenvalue weighted by Crippen LogP contribution is 2.40. The Kier molecular flexibility index (Phi) is 6.50. The van der Waals surface area contributed by atoms with E-state index in [4.69, 9.17) is 23.2 Å². The molecule has 0 fully saturated rings. The summed E-state index contributed by atoms with van der Waals surface area (Å²) in [5.41, 5.74) is 5.59. The molecular weight excluding hydrogens is 429 g/mol. The van der Waals surface area contributed by atoms with Crippen LogP contribution in [-0.2, 0) is 4.79 Å². The molecule has 0 bridgehead atoms. The van der Waals surface area contributed by atoms with Crippen molar-refractivity contribution in [2.24, 2.45) is 0 Å². The van der Waals surface area contributed by atoms with E-state index in [0.717, 1.165) is 28.9 Å². The maximum absolute atomic E-state index is 12.7. The summed E-state index contributed by atoms with van der Waals surface area (Å²) in [6, 6.07) is 11.0. The summed E-state index contributed by atoms with van der Waals surface area (Å²) >= 11 is 12.0. The minimum atomic E-state index is -0.521. The van der Waals surface area contributed by atoms with Crippen LogP contribution in [0.5, 0.6) is 0 Å². The fourth-order valence-electron chi connectivity index (χ4n) is 4.06. The molecule has 2 aromatic carbocycles. The van der Waals surface area contributed by atoms with Crippen molar-refractivity contribution < 1.29 is 4.79 Å². The third kappa shape index (κ3) is 4.63. The van der Waals surface area contributed by atoms with Crippen molar-refractivity contribution in [3.8, 4) is 6.07 Å². The van der Waals surface area contributed by atoms with E-state index >= 15 is 0 Å². The summed E-state index contributed by atoms with van der Waals surface area (Å²) in [5, 5.41) is 13.1. The smallest absolute Gasteiger partial charge is 0.266 e. The zero-order chi connectivity index (χ0) is 22.9. The van der Waals surface area contributed by atoms with Gasteiger partial charge in [0, 0.05) is 22.8 Å². The summed E-state index contributed by atoms with van der Waals surface area (Å²) in [7, 11) is 0. The van der Waals surface area contributed by atoms with Crippen molar-refractivity contribution in [3.63, 3.8) is 0 Å². The fourth-order valence-corrected chi connectivity index (χ4v) is 4.52. The van der Waals surface area contributed by atoms with Gasteiger partial charge in [0.1, 0.15) is 11.6 Å². The standard InChI is InChI=1S/C25H25Cl2N3O/c1-6-30-23-9-15(2)17(11-20(23)16(3)13-25(30,4)5)10-18(14-28)24(31)29-22-8-7-19(26)12-21(22)27/h7-13H,6H2,1-5H3,(H,29,31)/b18-10-. The van der Waals surface area contributed by atoms with Gasteiger partial charge in [0.25, 0.3) is 5.91 Å². The van der Waals surface area contributed by atoms with E-state index in [1.54, 1.807) is 18.2 Å². The SMILES string of the molecule is CCN1c2cc(C)c(/C=C(/C#N)C(=O)Nc3ccc(Cl)cc3Cl)cc2C(C)=CC1(C)C. The number of hydrogen-bond donors (Lipinski definition) is 1. The van der Waals surface area contributed by atoms with Gasteiger partial charge in [-0.3, -0.25) is 4.79 Å². The number of carbonyl (C=O) groups is 1. The Hall–Kier alpha value is -2.74. The number of amides is 1. The molecule has 0 atom stereocenters. The van der Waals surface area contributed by atoms with Crippen LogP contribution in [0.2, 0.25) is 10.0 Å². The van der Waals surface area contributed by atoms with Crippen LogP contribution in [0, 0.1) is 18.3 Å². The van der Waals surface area contributed by atoms with Gasteiger partial charge in [0.2, 0.25) is 0 Å². The third-order valence-corrected chi connectivity index (χ3v) is 6.07. The number of nitrogens with one attached hydrogen (secondary N) is 1. The minimum absolute atomic E-state index is 0.000753. The molecule has 0 aromatic heterocycles. The minimum Gasteiger partial charge on any atom is -0.363 e. The number of benzene rings is 2. The van der Waals surface area contributed by atoms with Crippen molar-refractivity contribution in [1.82, 2.24) is 0 Å². The molecular formula is C25H25Cl2N3O. The van der Waals surface area contributed by atoms with Gasteiger partial charge >= 0.3 is 0 Å². The number of halogens is 2. The lowest BCUT2D eigenvalue weighted by atomic mass is 9.86. The predicted octanol–water partition coefficient (Wildman–Crippen LogP) is 6.87. The molecule has 0 aliphatic carbocycles. The van der Waals surface area contributed by atoms with E-state index in [1.165, 1.54) is 11.6 Å². The van der Waals surface area contributed by atoms with Crippen LogP contribution in [-0.4, -0.2) is 18.0 Å². The van der Waals surface area contributed by atoms with E-state index < -0.39 is 5.91 Å². The number of likely N-dealkylation sites (N-methyl/N-ethyl adjacent to an activating group) is 1. The zero-order valence-electron chi connectivity index (χ0n) is 18.3. The number of aryl methyl sites for hydroxylation is 1. The maximum atomic E-state index is 12.7. The average Bonchev–Trinajstić information content (AvgIpc) is 2.68. The molecule has 4 nitrogen and oxygen atoms in total. The van der Waals surface area contributed by atoms with Gasteiger partial charge in [-0.1, -0.05) is 29.3 Å². The van der Waals surface area contributed by atoms with Gasteiger partial charge in [-0.15, -0.1) is 0 Å². The van der Waals surface area contributed by atoms with Gasteiger partial charge in [-0.05, 0) is 87.7 Å². The van der Waals surface area contributed by atoms with Gasteiger partial charge < -0.3 is 10.2 Å². The first-order chi connectivity index (χ1) is 14.6. The van der Waals surface area contributed by atoms with E-state index in [1.807, 2.05) is 19.1 Å². The summed E-state index contributed by atoms with van der Waals surface area (Å²) in [4.78, 5) is 15.1. The number of allylic oxidation sites excluding steroid dienone is 1. The zero-order valence-corrected chi connectivity index (χ0v) is 19.8. The number of fused-ring (bicyclic) bond motifs is 1. The molecule has 160 valence electrons. The fraction of sp³-hybridized carbons (Fsp3) is 0.280. The molecule has 1 N–H and O–H groups in total. The lowest BCUT2D eigenvalue weighted by Gasteiger charge is -2.43. The van der Waals surface area contributed by atoms with E-state index in [-0.39, 0.29) is 11.1 Å². The third-order valence-electron chi connectivity index (χ3n) is 5.53. The predicted molar refractivity (Wildman–Crippen MR) is 131 cm³/mol. The Morgan fingerprint density at radius 2 is 1.94 bits per heavy atom. The van der Waals surface area contributed by atoms with Crippen LogP contribution < -0.4 is 10.2 Å². The summed E-state index contributed by atoms with van der Waals surface area (Å²) < 4.78 is 0. The Morgan fingerprint density at radius 1 is 1.23 bits per heavy atom. The Bertz CT molecular complexity index is 1160. The van der Waals surface area contributed by atoms with Gasteiger partial charge in [-0.2, -0.15) is 5.26 Å². The van der Waals surface area contributed by atoms with Crippen LogP contribution in [0.1, 0.15) is 44.4 Å². The number of anilines is 2. The lowest BCUT2D eigenvalue weighted by Crippen LogP contribution is -2.44. The number of nitriles is 1. The molecule has 31 heavy (non-hydrogen) atoms. The molecule has 0 radical (unpaired) electrons. The largest absolute Gasteiger partial charge is 0.363 e. The second kappa shape index (κ2) is 8.78. The normalized spacial score (nSPS) is 15.1. The van der Waals surface area contributed by atoms with Gasteiger partial charge in [0.05, 0.1) is 16.2 Å². The van der Waals surface area contributed by atoms with Crippen molar-refractivity contribution in [2.45, 2.75) is 40.2 Å². The molecule has 0 unspecified atom stereocenters. The maximum Gasteiger partial charge on any atom is 0.266 e. The number of rotatable bonds is 4. The van der Waals surface area contributed by atoms with E-state index in [9.17, 15) is 10.1 Å². The van der Waals surface area contributed by atoms with Crippen LogP contribution >= 0.6 is 23.2 Å². The van der Waals surface area contributed by atoms with E-state index in [2.05, 4.69) is 50.1 Å². The molecule has 1 aliphatic heterocycles. The van der Waals surface area contributed by atoms with Crippen LogP contribution in [0.25, 0.3) is 11.6 Å². The lowest BCUT2D eigenvalue weighted by molar-refractivity contribution is -0.112. The first-order valence-corrected chi connectivity index (χ1v) is 10.8. The summed E-state index contributed by atoms with van der Waals surface area (Å²) in [5.74, 6) is -0.521. The first kappa shape index (κ1) is 22.9.